The van der Waals surface area contributed by atoms with E-state index in [-0.39, 0.29) is 13.0 Å². The summed E-state index contributed by atoms with van der Waals surface area (Å²) >= 11 is 0. The van der Waals surface area contributed by atoms with Crippen LogP contribution in [0.25, 0.3) is 11.4 Å². The number of carboxylic acid groups (broad SMARTS) is 1. The van der Waals surface area contributed by atoms with Crippen LogP contribution >= 0.6 is 0 Å². The van der Waals surface area contributed by atoms with Gasteiger partial charge < -0.3 is 9.84 Å². The minimum Gasteiger partial charge on any atom is -0.496 e. The van der Waals surface area contributed by atoms with Gasteiger partial charge in [-0.25, -0.2) is 4.68 Å². The maximum atomic E-state index is 10.6. The van der Waals surface area contributed by atoms with Gasteiger partial charge in [-0.1, -0.05) is 11.6 Å². The molecule has 1 aromatic heterocycles. The molecule has 0 radical (unpaired) electrons. The van der Waals surface area contributed by atoms with E-state index in [9.17, 15) is 4.79 Å². The molecule has 0 saturated carbocycles. The highest BCUT2D eigenvalue weighted by Gasteiger charge is 2.14. The normalized spacial score (nSPS) is 10.4. The zero-order valence-corrected chi connectivity index (χ0v) is 10.7. The van der Waals surface area contributed by atoms with E-state index in [2.05, 4.69) is 15.5 Å². The average Bonchev–Trinajstić information content (AvgIpc) is 2.84. The first-order chi connectivity index (χ1) is 9.11. The van der Waals surface area contributed by atoms with E-state index < -0.39 is 5.97 Å². The highest BCUT2D eigenvalue weighted by Crippen LogP contribution is 2.28. The summed E-state index contributed by atoms with van der Waals surface area (Å²) in [7, 11) is 1.57. The molecular formula is C12H14N4O3. The molecule has 0 fully saturated rings. The Morgan fingerprint density at radius 1 is 1.47 bits per heavy atom. The third-order valence-electron chi connectivity index (χ3n) is 2.67. The molecule has 2 aromatic rings. The molecule has 2 rings (SSSR count). The Labute approximate surface area is 109 Å². The number of tetrazole rings is 1. The van der Waals surface area contributed by atoms with Gasteiger partial charge in [-0.3, -0.25) is 4.79 Å². The van der Waals surface area contributed by atoms with Gasteiger partial charge in [-0.05, 0) is 29.5 Å². The monoisotopic (exact) mass is 262 g/mol. The number of carbonyl (C=O) groups is 1. The zero-order chi connectivity index (χ0) is 13.8. The van der Waals surface area contributed by atoms with Crippen molar-refractivity contribution in [1.82, 2.24) is 20.2 Å². The fourth-order valence-corrected chi connectivity index (χ4v) is 1.75. The van der Waals surface area contributed by atoms with E-state index in [4.69, 9.17) is 9.84 Å². The Morgan fingerprint density at radius 3 is 2.95 bits per heavy atom. The van der Waals surface area contributed by atoms with Crippen LogP contribution < -0.4 is 4.74 Å². The molecule has 0 atom stereocenters. The van der Waals surface area contributed by atoms with Crippen LogP contribution in [0.3, 0.4) is 0 Å². The molecule has 0 spiro atoms. The second-order valence-corrected chi connectivity index (χ2v) is 4.07. The number of nitrogens with zero attached hydrogens (tertiary/aromatic N) is 4. The van der Waals surface area contributed by atoms with Gasteiger partial charge in [0.2, 0.25) is 0 Å². The summed E-state index contributed by atoms with van der Waals surface area (Å²) < 4.78 is 6.74. The summed E-state index contributed by atoms with van der Waals surface area (Å²) in [6.45, 7) is 2.17. The Kier molecular flexibility index (Phi) is 3.74. The maximum Gasteiger partial charge on any atom is 0.305 e. The van der Waals surface area contributed by atoms with Crippen molar-refractivity contribution in [3.8, 4) is 17.1 Å². The van der Waals surface area contributed by atoms with Crippen LogP contribution in [-0.4, -0.2) is 38.4 Å². The SMILES string of the molecule is COc1ccc(C)cc1-c1nnnn1CCC(=O)O. The Balaban J connectivity index is 2.39. The summed E-state index contributed by atoms with van der Waals surface area (Å²) in [5.41, 5.74) is 1.79. The summed E-state index contributed by atoms with van der Waals surface area (Å²) in [5, 5.41) is 20.1. The number of benzene rings is 1. The number of aromatic nitrogens is 4. The standard InChI is InChI=1S/C12H14N4O3/c1-8-3-4-10(19-2)9(7-8)12-13-14-15-16(12)6-5-11(17)18/h3-4,7H,5-6H2,1-2H3,(H,17,18). The number of carboxylic acids is 1. The van der Waals surface area contributed by atoms with Gasteiger partial charge in [0.25, 0.3) is 0 Å². The first kappa shape index (κ1) is 13.0. The van der Waals surface area contributed by atoms with Crippen molar-refractivity contribution < 1.29 is 14.6 Å². The van der Waals surface area contributed by atoms with Crippen molar-refractivity contribution in [1.29, 1.82) is 0 Å². The van der Waals surface area contributed by atoms with Gasteiger partial charge in [-0.2, -0.15) is 0 Å². The highest BCUT2D eigenvalue weighted by atomic mass is 16.5. The molecule has 0 amide bonds. The van der Waals surface area contributed by atoms with Crippen molar-refractivity contribution in [2.24, 2.45) is 0 Å². The molecule has 1 N–H and O–H groups in total. The molecule has 7 nitrogen and oxygen atoms in total. The smallest absolute Gasteiger partial charge is 0.305 e. The van der Waals surface area contributed by atoms with E-state index in [0.29, 0.717) is 11.6 Å². The van der Waals surface area contributed by atoms with Gasteiger partial charge >= 0.3 is 5.97 Å². The molecule has 0 bridgehead atoms. The van der Waals surface area contributed by atoms with Crippen molar-refractivity contribution >= 4 is 5.97 Å². The minimum atomic E-state index is -0.891. The number of rotatable bonds is 5. The molecule has 0 saturated heterocycles. The van der Waals surface area contributed by atoms with Crippen LogP contribution in [0.15, 0.2) is 18.2 Å². The first-order valence-electron chi connectivity index (χ1n) is 5.75. The number of aliphatic carboxylic acids is 1. The lowest BCUT2D eigenvalue weighted by molar-refractivity contribution is -0.137. The predicted octanol–water partition coefficient (Wildman–Crippen LogP) is 1.13. The minimum absolute atomic E-state index is 0.0355. The number of hydrogen-bond donors (Lipinski definition) is 1. The number of ether oxygens (including phenoxy) is 1. The summed E-state index contributed by atoms with van der Waals surface area (Å²) in [6.07, 6.45) is -0.0355. The molecule has 1 aromatic carbocycles. The van der Waals surface area contributed by atoms with Crippen LogP contribution in [0, 0.1) is 6.92 Å². The molecule has 1 heterocycles. The quantitative estimate of drug-likeness (QED) is 0.868. The van der Waals surface area contributed by atoms with Crippen LogP contribution in [0.5, 0.6) is 5.75 Å². The summed E-state index contributed by atoms with van der Waals surface area (Å²) in [5.74, 6) is 0.261. The van der Waals surface area contributed by atoms with Crippen molar-refractivity contribution in [2.75, 3.05) is 7.11 Å². The molecule has 100 valence electrons. The third kappa shape index (κ3) is 2.87. The largest absolute Gasteiger partial charge is 0.496 e. The Hall–Kier alpha value is -2.44. The van der Waals surface area contributed by atoms with Crippen LogP contribution in [0.2, 0.25) is 0 Å². The van der Waals surface area contributed by atoms with E-state index in [1.54, 1.807) is 7.11 Å². The van der Waals surface area contributed by atoms with Crippen LogP contribution in [-0.2, 0) is 11.3 Å². The molecule has 19 heavy (non-hydrogen) atoms. The number of methoxy groups -OCH3 is 1. The van der Waals surface area contributed by atoms with E-state index in [0.717, 1.165) is 11.1 Å². The number of hydrogen-bond acceptors (Lipinski definition) is 5. The van der Waals surface area contributed by atoms with Crippen LogP contribution in [0.4, 0.5) is 0 Å². The van der Waals surface area contributed by atoms with Gasteiger partial charge in [0.1, 0.15) is 5.75 Å². The molecule has 0 aliphatic carbocycles. The summed E-state index contributed by atoms with van der Waals surface area (Å²) in [6, 6.07) is 5.66. The Bertz CT molecular complexity index is 594. The van der Waals surface area contributed by atoms with Gasteiger partial charge in [-0.15, -0.1) is 5.10 Å². The fourth-order valence-electron chi connectivity index (χ4n) is 1.75. The van der Waals surface area contributed by atoms with Crippen molar-refractivity contribution in [2.45, 2.75) is 19.9 Å². The molecule has 0 aliphatic rings. The average molecular weight is 262 g/mol. The fraction of sp³-hybridized carbons (Fsp3) is 0.333. The third-order valence-corrected chi connectivity index (χ3v) is 2.67. The van der Waals surface area contributed by atoms with E-state index in [1.165, 1.54) is 4.68 Å². The molecule has 0 aliphatic heterocycles. The Morgan fingerprint density at radius 2 is 2.26 bits per heavy atom. The maximum absolute atomic E-state index is 10.6. The number of aryl methyl sites for hydroxylation is 2. The second kappa shape index (κ2) is 5.47. The van der Waals surface area contributed by atoms with Crippen molar-refractivity contribution in [3.05, 3.63) is 23.8 Å². The topological polar surface area (TPSA) is 90.1 Å². The molecular weight excluding hydrogens is 248 g/mol. The van der Waals surface area contributed by atoms with Gasteiger partial charge in [0.15, 0.2) is 5.82 Å². The lowest BCUT2D eigenvalue weighted by atomic mass is 10.1. The highest BCUT2D eigenvalue weighted by molar-refractivity contribution is 5.67. The van der Waals surface area contributed by atoms with E-state index in [1.807, 2.05) is 25.1 Å². The zero-order valence-electron chi connectivity index (χ0n) is 10.7. The lowest BCUT2D eigenvalue weighted by Gasteiger charge is -2.09. The van der Waals surface area contributed by atoms with Crippen LogP contribution in [0.1, 0.15) is 12.0 Å². The van der Waals surface area contributed by atoms with Gasteiger partial charge in [0, 0.05) is 0 Å². The lowest BCUT2D eigenvalue weighted by Crippen LogP contribution is -2.08. The summed E-state index contributed by atoms with van der Waals surface area (Å²) in [4.78, 5) is 10.6. The van der Waals surface area contributed by atoms with E-state index >= 15 is 0 Å². The second-order valence-electron chi connectivity index (χ2n) is 4.07. The van der Waals surface area contributed by atoms with Crippen molar-refractivity contribution in [3.63, 3.8) is 0 Å². The molecule has 0 unspecified atom stereocenters. The molecule has 7 heteroatoms. The predicted molar refractivity (Wildman–Crippen MR) is 66.8 cm³/mol. The van der Waals surface area contributed by atoms with Gasteiger partial charge in [0.05, 0.1) is 25.6 Å². The first-order valence-corrected chi connectivity index (χ1v) is 5.75.